The fourth-order valence-corrected chi connectivity index (χ4v) is 1.72. The number of non-ortho nitro benzene ring substituents is 1. The van der Waals surface area contributed by atoms with Crippen LogP contribution >= 0.6 is 0 Å². The van der Waals surface area contributed by atoms with Crippen molar-refractivity contribution in [2.24, 2.45) is 0 Å². The minimum Gasteiger partial charge on any atom is -0.308 e. The van der Waals surface area contributed by atoms with Crippen LogP contribution in [0.15, 0.2) is 42.5 Å². The summed E-state index contributed by atoms with van der Waals surface area (Å²) in [5.41, 5.74) is 1.43. The summed E-state index contributed by atoms with van der Waals surface area (Å²) >= 11 is 0. The van der Waals surface area contributed by atoms with Crippen LogP contribution in [0.4, 0.5) is 26.2 Å². The van der Waals surface area contributed by atoms with E-state index in [1.165, 1.54) is 42.5 Å². The van der Waals surface area contributed by atoms with Crippen molar-refractivity contribution in [3.05, 3.63) is 64.0 Å². The number of nitrogens with one attached hydrogen (secondary N) is 2. The van der Waals surface area contributed by atoms with Crippen LogP contribution in [0.3, 0.4) is 0 Å². The van der Waals surface area contributed by atoms with Gasteiger partial charge < -0.3 is 10.6 Å². The molecule has 0 atom stereocenters. The standard InChI is InChI=1S/C14H12FN3O3/c1-9-8-10(15)2-7-13(9)17-14(19)16-11-3-5-12(6-4-11)18(20)21/h2-8H,1H3,(H2,16,17,19). The number of urea groups is 1. The van der Waals surface area contributed by atoms with Gasteiger partial charge in [0.1, 0.15) is 5.82 Å². The molecule has 6 nitrogen and oxygen atoms in total. The quantitative estimate of drug-likeness (QED) is 0.667. The van der Waals surface area contributed by atoms with Crippen molar-refractivity contribution in [1.82, 2.24) is 0 Å². The predicted molar refractivity (Wildman–Crippen MR) is 76.9 cm³/mol. The number of nitro groups is 1. The zero-order valence-corrected chi connectivity index (χ0v) is 11.1. The van der Waals surface area contributed by atoms with Gasteiger partial charge in [-0.05, 0) is 42.8 Å². The first-order valence-electron chi connectivity index (χ1n) is 6.04. The van der Waals surface area contributed by atoms with Crippen LogP contribution in [0, 0.1) is 22.9 Å². The number of benzene rings is 2. The summed E-state index contributed by atoms with van der Waals surface area (Å²) in [6.07, 6.45) is 0. The first kappa shape index (κ1) is 14.4. The molecule has 0 bridgehead atoms. The smallest absolute Gasteiger partial charge is 0.308 e. The van der Waals surface area contributed by atoms with E-state index in [1.807, 2.05) is 0 Å². The highest BCUT2D eigenvalue weighted by Crippen LogP contribution is 2.18. The van der Waals surface area contributed by atoms with Gasteiger partial charge in [-0.2, -0.15) is 0 Å². The summed E-state index contributed by atoms with van der Waals surface area (Å²) in [6.45, 7) is 1.67. The van der Waals surface area contributed by atoms with Gasteiger partial charge in [-0.3, -0.25) is 10.1 Å². The molecule has 2 aromatic rings. The van der Waals surface area contributed by atoms with Crippen LogP contribution in [-0.2, 0) is 0 Å². The predicted octanol–water partition coefficient (Wildman–Crippen LogP) is 3.69. The Morgan fingerprint density at radius 3 is 2.38 bits per heavy atom. The summed E-state index contributed by atoms with van der Waals surface area (Å²) in [7, 11) is 0. The van der Waals surface area contributed by atoms with Crippen molar-refractivity contribution in [1.29, 1.82) is 0 Å². The summed E-state index contributed by atoms with van der Waals surface area (Å²) in [6, 6.07) is 8.93. The van der Waals surface area contributed by atoms with E-state index in [0.717, 1.165) is 0 Å². The van der Waals surface area contributed by atoms with Gasteiger partial charge >= 0.3 is 6.03 Å². The lowest BCUT2D eigenvalue weighted by molar-refractivity contribution is -0.384. The molecule has 0 aliphatic carbocycles. The van der Waals surface area contributed by atoms with Crippen molar-refractivity contribution >= 4 is 23.1 Å². The molecule has 0 aliphatic rings. The number of carbonyl (C=O) groups excluding carboxylic acids is 1. The number of rotatable bonds is 3. The topological polar surface area (TPSA) is 84.3 Å². The number of carbonyl (C=O) groups is 1. The molecule has 0 fully saturated rings. The molecule has 0 unspecified atom stereocenters. The van der Waals surface area contributed by atoms with Crippen molar-refractivity contribution in [2.45, 2.75) is 6.92 Å². The Kier molecular flexibility index (Phi) is 4.13. The van der Waals surface area contributed by atoms with Crippen molar-refractivity contribution in [2.75, 3.05) is 10.6 Å². The molecule has 7 heteroatoms. The summed E-state index contributed by atoms with van der Waals surface area (Å²) < 4.78 is 13.0. The lowest BCUT2D eigenvalue weighted by Gasteiger charge is -2.09. The maximum absolute atomic E-state index is 13.0. The van der Waals surface area contributed by atoms with E-state index in [0.29, 0.717) is 16.9 Å². The van der Waals surface area contributed by atoms with Gasteiger partial charge in [0, 0.05) is 23.5 Å². The average Bonchev–Trinajstić information content (AvgIpc) is 2.42. The maximum atomic E-state index is 13.0. The molecule has 0 saturated heterocycles. The SMILES string of the molecule is Cc1cc(F)ccc1NC(=O)Nc1ccc([N+](=O)[O-])cc1. The second-order valence-electron chi connectivity index (χ2n) is 4.34. The second kappa shape index (κ2) is 6.00. The average molecular weight is 289 g/mol. The molecular weight excluding hydrogens is 277 g/mol. The van der Waals surface area contributed by atoms with Crippen LogP contribution in [-0.4, -0.2) is 11.0 Å². The van der Waals surface area contributed by atoms with Crippen molar-refractivity contribution in [3.8, 4) is 0 Å². The third-order valence-corrected chi connectivity index (χ3v) is 2.77. The van der Waals surface area contributed by atoms with Crippen molar-refractivity contribution in [3.63, 3.8) is 0 Å². The molecule has 0 radical (unpaired) electrons. The van der Waals surface area contributed by atoms with Crippen LogP contribution in [0.5, 0.6) is 0 Å². The third kappa shape index (κ3) is 3.75. The zero-order chi connectivity index (χ0) is 15.4. The molecule has 2 N–H and O–H groups in total. The van der Waals surface area contributed by atoms with E-state index in [-0.39, 0.29) is 11.5 Å². The minimum atomic E-state index is -0.522. The van der Waals surface area contributed by atoms with Gasteiger partial charge in [-0.15, -0.1) is 0 Å². The highest BCUT2D eigenvalue weighted by Gasteiger charge is 2.08. The van der Waals surface area contributed by atoms with Crippen LogP contribution < -0.4 is 10.6 Å². The van der Waals surface area contributed by atoms with Gasteiger partial charge in [0.15, 0.2) is 0 Å². The van der Waals surface area contributed by atoms with Crippen LogP contribution in [0.2, 0.25) is 0 Å². The zero-order valence-electron chi connectivity index (χ0n) is 11.1. The number of anilines is 2. The number of nitro benzene ring substituents is 1. The first-order valence-corrected chi connectivity index (χ1v) is 6.04. The number of hydrogen-bond donors (Lipinski definition) is 2. The number of hydrogen-bond acceptors (Lipinski definition) is 3. The third-order valence-electron chi connectivity index (χ3n) is 2.77. The fourth-order valence-electron chi connectivity index (χ4n) is 1.72. The van der Waals surface area contributed by atoms with E-state index in [1.54, 1.807) is 6.92 Å². The molecule has 108 valence electrons. The summed E-state index contributed by atoms with van der Waals surface area (Å²) in [4.78, 5) is 21.8. The van der Waals surface area contributed by atoms with Gasteiger partial charge in [-0.1, -0.05) is 0 Å². The van der Waals surface area contributed by atoms with E-state index in [4.69, 9.17) is 0 Å². The Bertz CT molecular complexity index is 686. The molecule has 0 aliphatic heterocycles. The van der Waals surface area contributed by atoms with E-state index < -0.39 is 11.0 Å². The monoisotopic (exact) mass is 289 g/mol. The maximum Gasteiger partial charge on any atom is 0.323 e. The lowest BCUT2D eigenvalue weighted by atomic mass is 10.2. The Labute approximate surface area is 119 Å². The molecule has 2 rings (SSSR count). The number of nitrogens with zero attached hydrogens (tertiary/aromatic N) is 1. The first-order chi connectivity index (χ1) is 9.95. The molecule has 0 aromatic heterocycles. The molecule has 0 saturated carbocycles. The van der Waals surface area contributed by atoms with E-state index >= 15 is 0 Å². The largest absolute Gasteiger partial charge is 0.323 e. The Morgan fingerprint density at radius 1 is 1.14 bits per heavy atom. The fraction of sp³-hybridized carbons (Fsp3) is 0.0714. The Morgan fingerprint density at radius 2 is 1.81 bits per heavy atom. The molecular formula is C14H12FN3O3. The molecule has 0 spiro atoms. The normalized spacial score (nSPS) is 10.0. The van der Waals surface area contributed by atoms with Gasteiger partial charge in [-0.25, -0.2) is 9.18 Å². The molecule has 2 amide bonds. The van der Waals surface area contributed by atoms with Crippen LogP contribution in [0.1, 0.15) is 5.56 Å². The second-order valence-corrected chi connectivity index (χ2v) is 4.34. The molecule has 0 heterocycles. The molecule has 2 aromatic carbocycles. The summed E-state index contributed by atoms with van der Waals surface area (Å²) in [5.74, 6) is -0.381. The van der Waals surface area contributed by atoms with Gasteiger partial charge in [0.2, 0.25) is 0 Å². The van der Waals surface area contributed by atoms with Gasteiger partial charge in [0.25, 0.3) is 5.69 Å². The van der Waals surface area contributed by atoms with E-state index in [2.05, 4.69) is 10.6 Å². The Hall–Kier alpha value is -2.96. The molecule has 21 heavy (non-hydrogen) atoms. The van der Waals surface area contributed by atoms with Gasteiger partial charge in [0.05, 0.1) is 4.92 Å². The van der Waals surface area contributed by atoms with Crippen LogP contribution in [0.25, 0.3) is 0 Å². The number of halogens is 1. The highest BCUT2D eigenvalue weighted by molar-refractivity contribution is 6.00. The number of aryl methyl sites for hydroxylation is 1. The Balaban J connectivity index is 2.02. The minimum absolute atomic E-state index is 0.0599. The van der Waals surface area contributed by atoms with E-state index in [9.17, 15) is 19.3 Å². The lowest BCUT2D eigenvalue weighted by Crippen LogP contribution is -2.19. The summed E-state index contributed by atoms with van der Waals surface area (Å²) in [5, 5.41) is 15.6. The van der Waals surface area contributed by atoms with Crippen molar-refractivity contribution < 1.29 is 14.1 Å². The number of amides is 2. The highest BCUT2D eigenvalue weighted by atomic mass is 19.1.